The van der Waals surface area contributed by atoms with E-state index in [1.54, 1.807) is 12.4 Å². The quantitative estimate of drug-likeness (QED) is 0.686. The van der Waals surface area contributed by atoms with E-state index >= 15 is 0 Å². The maximum Gasteiger partial charge on any atom is 0.124 e. The number of aryl methyl sites for hydroxylation is 2. The average Bonchev–Trinajstić information content (AvgIpc) is 2.48. The normalized spacial score (nSPS) is 10.6. The minimum Gasteiger partial charge on any atom is -0.256 e. The zero-order valence-electron chi connectivity index (χ0n) is 12.0. The first-order valence-electron chi connectivity index (χ1n) is 6.78. The van der Waals surface area contributed by atoms with Crippen LogP contribution in [0.4, 0.5) is 4.39 Å². The molecule has 0 unspecified atom stereocenters. The first kappa shape index (κ1) is 13.4. The molecule has 0 aliphatic carbocycles. The Morgan fingerprint density at radius 1 is 0.714 bits per heavy atom. The summed E-state index contributed by atoms with van der Waals surface area (Å²) in [6.07, 6.45) is 3.56. The first-order chi connectivity index (χ1) is 10.1. The fraction of sp³-hybridized carbons (Fsp3) is 0.111. The second kappa shape index (κ2) is 5.44. The van der Waals surface area contributed by atoms with Gasteiger partial charge in [0.05, 0.1) is 11.4 Å². The van der Waals surface area contributed by atoms with Gasteiger partial charge in [-0.05, 0) is 55.3 Å². The van der Waals surface area contributed by atoms with Crippen LogP contribution in [0.2, 0.25) is 0 Å². The van der Waals surface area contributed by atoms with Crippen LogP contribution >= 0.6 is 0 Å². The second-order valence-electron chi connectivity index (χ2n) is 5.17. The molecule has 2 heterocycles. The van der Waals surface area contributed by atoms with Gasteiger partial charge in [-0.15, -0.1) is 0 Å². The monoisotopic (exact) mass is 278 g/mol. The summed E-state index contributed by atoms with van der Waals surface area (Å²) >= 11 is 0. The van der Waals surface area contributed by atoms with E-state index in [2.05, 4.69) is 9.97 Å². The third-order valence-electron chi connectivity index (χ3n) is 3.31. The second-order valence-corrected chi connectivity index (χ2v) is 5.17. The largest absolute Gasteiger partial charge is 0.256 e. The van der Waals surface area contributed by atoms with Crippen LogP contribution in [0.25, 0.3) is 22.5 Å². The van der Waals surface area contributed by atoms with Crippen molar-refractivity contribution >= 4 is 0 Å². The SMILES string of the molecule is Cc1ccc(-c2cc(F)cc(-c3ccc(C)cn3)c2)nc1. The predicted molar refractivity (Wildman–Crippen MR) is 82.3 cm³/mol. The molecule has 3 heteroatoms. The topological polar surface area (TPSA) is 25.8 Å². The van der Waals surface area contributed by atoms with Crippen LogP contribution in [0.5, 0.6) is 0 Å². The Morgan fingerprint density at radius 3 is 1.57 bits per heavy atom. The van der Waals surface area contributed by atoms with Crippen LogP contribution in [0.15, 0.2) is 54.9 Å². The number of nitrogens with zero attached hydrogens (tertiary/aromatic N) is 2. The molecule has 0 aliphatic rings. The first-order valence-corrected chi connectivity index (χ1v) is 6.78. The molecule has 1 aromatic carbocycles. The van der Waals surface area contributed by atoms with E-state index in [0.29, 0.717) is 0 Å². The Hall–Kier alpha value is -2.55. The zero-order chi connectivity index (χ0) is 14.8. The maximum absolute atomic E-state index is 13.9. The van der Waals surface area contributed by atoms with Gasteiger partial charge in [0, 0.05) is 23.5 Å². The van der Waals surface area contributed by atoms with E-state index < -0.39 is 0 Å². The van der Waals surface area contributed by atoms with Gasteiger partial charge in [-0.25, -0.2) is 4.39 Å². The number of rotatable bonds is 2. The maximum atomic E-state index is 13.9. The molecule has 0 fully saturated rings. The lowest BCUT2D eigenvalue weighted by molar-refractivity contribution is 0.628. The highest BCUT2D eigenvalue weighted by Gasteiger charge is 2.07. The Morgan fingerprint density at radius 2 is 1.19 bits per heavy atom. The van der Waals surface area contributed by atoms with Gasteiger partial charge in [0.1, 0.15) is 5.82 Å². The highest BCUT2D eigenvalue weighted by atomic mass is 19.1. The minimum absolute atomic E-state index is 0.285. The summed E-state index contributed by atoms with van der Waals surface area (Å²) in [5.74, 6) is -0.285. The Bertz CT molecular complexity index is 698. The van der Waals surface area contributed by atoms with E-state index in [-0.39, 0.29) is 5.82 Å². The molecule has 0 saturated carbocycles. The van der Waals surface area contributed by atoms with E-state index in [0.717, 1.165) is 33.6 Å². The van der Waals surface area contributed by atoms with Crippen molar-refractivity contribution in [1.29, 1.82) is 0 Å². The summed E-state index contributed by atoms with van der Waals surface area (Å²) < 4.78 is 13.9. The van der Waals surface area contributed by atoms with Gasteiger partial charge >= 0.3 is 0 Å². The molecule has 0 N–H and O–H groups in total. The third kappa shape index (κ3) is 2.97. The predicted octanol–water partition coefficient (Wildman–Crippen LogP) is 4.57. The van der Waals surface area contributed by atoms with Crippen LogP contribution in [0, 0.1) is 19.7 Å². The Kier molecular flexibility index (Phi) is 3.48. The molecule has 3 rings (SSSR count). The molecule has 0 radical (unpaired) electrons. The van der Waals surface area contributed by atoms with Gasteiger partial charge in [0.25, 0.3) is 0 Å². The van der Waals surface area contributed by atoms with E-state index in [4.69, 9.17) is 0 Å². The number of hydrogen-bond donors (Lipinski definition) is 0. The van der Waals surface area contributed by atoms with Gasteiger partial charge in [-0.1, -0.05) is 12.1 Å². The number of pyridine rings is 2. The molecule has 0 bridgehead atoms. The number of halogens is 1. The number of hydrogen-bond acceptors (Lipinski definition) is 2. The Labute approximate surface area is 123 Å². The van der Waals surface area contributed by atoms with Crippen molar-refractivity contribution in [2.75, 3.05) is 0 Å². The third-order valence-corrected chi connectivity index (χ3v) is 3.31. The highest BCUT2D eigenvalue weighted by molar-refractivity contribution is 5.69. The lowest BCUT2D eigenvalue weighted by atomic mass is 10.0. The molecule has 104 valence electrons. The lowest BCUT2D eigenvalue weighted by Gasteiger charge is -2.06. The lowest BCUT2D eigenvalue weighted by Crippen LogP contribution is -1.90. The van der Waals surface area contributed by atoms with Gasteiger partial charge in [0.2, 0.25) is 0 Å². The van der Waals surface area contributed by atoms with Crippen molar-refractivity contribution in [3.63, 3.8) is 0 Å². The van der Waals surface area contributed by atoms with Crippen LogP contribution in [-0.2, 0) is 0 Å². The summed E-state index contributed by atoms with van der Waals surface area (Å²) in [5, 5.41) is 0. The smallest absolute Gasteiger partial charge is 0.124 e. The van der Waals surface area contributed by atoms with Gasteiger partial charge in [-0.2, -0.15) is 0 Å². The number of aromatic nitrogens is 2. The molecule has 0 amide bonds. The van der Waals surface area contributed by atoms with Crippen molar-refractivity contribution in [3.05, 3.63) is 71.8 Å². The molecule has 2 aromatic heterocycles. The molecule has 3 aromatic rings. The van der Waals surface area contributed by atoms with Crippen LogP contribution < -0.4 is 0 Å². The Balaban J connectivity index is 2.07. The summed E-state index contributed by atoms with van der Waals surface area (Å²) in [4.78, 5) is 8.70. The zero-order valence-corrected chi connectivity index (χ0v) is 12.0. The fourth-order valence-electron chi connectivity index (χ4n) is 2.16. The molecular formula is C18H15FN2. The molecular weight excluding hydrogens is 263 g/mol. The molecule has 0 aliphatic heterocycles. The number of benzene rings is 1. The van der Waals surface area contributed by atoms with Crippen LogP contribution in [0.3, 0.4) is 0 Å². The van der Waals surface area contributed by atoms with Crippen molar-refractivity contribution in [3.8, 4) is 22.5 Å². The van der Waals surface area contributed by atoms with Crippen molar-refractivity contribution in [2.24, 2.45) is 0 Å². The summed E-state index contributed by atoms with van der Waals surface area (Å²) in [6.45, 7) is 3.95. The van der Waals surface area contributed by atoms with E-state index in [1.807, 2.05) is 44.2 Å². The van der Waals surface area contributed by atoms with Crippen LogP contribution in [0.1, 0.15) is 11.1 Å². The summed E-state index contributed by atoms with van der Waals surface area (Å²) in [7, 11) is 0. The van der Waals surface area contributed by atoms with Gasteiger partial charge in [0.15, 0.2) is 0 Å². The molecule has 0 spiro atoms. The highest BCUT2D eigenvalue weighted by Crippen LogP contribution is 2.26. The fourth-order valence-corrected chi connectivity index (χ4v) is 2.16. The minimum atomic E-state index is -0.285. The molecule has 2 nitrogen and oxygen atoms in total. The molecule has 21 heavy (non-hydrogen) atoms. The summed E-state index contributed by atoms with van der Waals surface area (Å²) in [5.41, 5.74) is 5.19. The van der Waals surface area contributed by atoms with Crippen molar-refractivity contribution in [1.82, 2.24) is 9.97 Å². The average molecular weight is 278 g/mol. The summed E-state index contributed by atoms with van der Waals surface area (Å²) in [6, 6.07) is 12.6. The van der Waals surface area contributed by atoms with E-state index in [1.165, 1.54) is 12.1 Å². The van der Waals surface area contributed by atoms with E-state index in [9.17, 15) is 4.39 Å². The molecule has 0 saturated heterocycles. The van der Waals surface area contributed by atoms with Gasteiger partial charge < -0.3 is 0 Å². The standard InChI is InChI=1S/C18H15FN2/c1-12-3-5-17(20-10-12)14-7-15(9-16(19)8-14)18-6-4-13(2)11-21-18/h3-11H,1-2H3. The van der Waals surface area contributed by atoms with Gasteiger partial charge in [-0.3, -0.25) is 9.97 Å². The van der Waals surface area contributed by atoms with Crippen molar-refractivity contribution in [2.45, 2.75) is 13.8 Å². The molecule has 0 atom stereocenters. The van der Waals surface area contributed by atoms with Crippen LogP contribution in [-0.4, -0.2) is 9.97 Å². The van der Waals surface area contributed by atoms with Crippen molar-refractivity contribution < 1.29 is 4.39 Å².